The molecule has 4 rings (SSSR count). The fourth-order valence-corrected chi connectivity index (χ4v) is 3.99. The third-order valence-corrected chi connectivity index (χ3v) is 5.45. The molecule has 0 atom stereocenters. The highest BCUT2D eigenvalue weighted by Gasteiger charge is 2.14. The van der Waals surface area contributed by atoms with Crippen molar-refractivity contribution in [3.63, 3.8) is 0 Å². The molecule has 0 bridgehead atoms. The lowest BCUT2D eigenvalue weighted by Gasteiger charge is -2.01. The number of aromatic nitrogens is 3. The van der Waals surface area contributed by atoms with Gasteiger partial charge in [-0.2, -0.15) is 4.98 Å². The number of H-pyrrole nitrogens is 1. The molecule has 1 N–H and O–H groups in total. The van der Waals surface area contributed by atoms with Gasteiger partial charge in [-0.15, -0.1) is 11.8 Å². The lowest BCUT2D eigenvalue weighted by Crippen LogP contribution is -2.09. The minimum Gasteiger partial charge on any atom is -0.339 e. The molecule has 0 radical (unpaired) electrons. The van der Waals surface area contributed by atoms with E-state index in [1.54, 1.807) is 17.8 Å². The number of nitrogens with zero attached hydrogens (tertiary/aromatic N) is 2. The van der Waals surface area contributed by atoms with Gasteiger partial charge in [0.05, 0.1) is 12.0 Å². The maximum absolute atomic E-state index is 12.4. The highest BCUT2D eigenvalue weighted by molar-refractivity contribution is 9.10. The second kappa shape index (κ2) is 7.70. The Kier molecular flexibility index (Phi) is 5.13. The van der Waals surface area contributed by atoms with Crippen molar-refractivity contribution in [2.45, 2.75) is 18.2 Å². The number of hydrogen-bond donors (Lipinski definition) is 1. The van der Waals surface area contributed by atoms with Gasteiger partial charge in [-0.25, -0.2) is 0 Å². The van der Waals surface area contributed by atoms with Crippen LogP contribution in [0.1, 0.15) is 18.4 Å². The van der Waals surface area contributed by atoms with Crippen LogP contribution in [-0.4, -0.2) is 20.9 Å². The first-order valence-corrected chi connectivity index (χ1v) is 10.3. The van der Waals surface area contributed by atoms with E-state index in [4.69, 9.17) is 4.52 Å². The van der Waals surface area contributed by atoms with Crippen molar-refractivity contribution >= 4 is 38.6 Å². The molecule has 0 spiro atoms. The SMILES string of the molecule is CCSc1cccc(Cc2nc(-c3cc4cc(Br)ccc4[nH]c3=O)no2)c1. The normalized spacial score (nSPS) is 11.2. The van der Waals surface area contributed by atoms with Gasteiger partial charge in [-0.05, 0) is 47.7 Å². The number of benzene rings is 2. The van der Waals surface area contributed by atoms with Crippen LogP contribution in [0.5, 0.6) is 0 Å². The summed E-state index contributed by atoms with van der Waals surface area (Å²) in [4.78, 5) is 20.9. The Bertz CT molecular complexity index is 1170. The quantitative estimate of drug-likeness (QED) is 0.439. The van der Waals surface area contributed by atoms with Gasteiger partial charge < -0.3 is 9.51 Å². The van der Waals surface area contributed by atoms with Crippen LogP contribution in [0.3, 0.4) is 0 Å². The van der Waals surface area contributed by atoms with E-state index in [9.17, 15) is 4.79 Å². The molecule has 2 aromatic heterocycles. The van der Waals surface area contributed by atoms with E-state index in [0.29, 0.717) is 23.7 Å². The Morgan fingerprint density at radius 3 is 2.93 bits per heavy atom. The van der Waals surface area contributed by atoms with Crippen LogP contribution in [0, 0.1) is 0 Å². The standard InChI is InChI=1S/C20H16BrN3O2S/c1-2-27-15-5-3-4-12(8-15)9-18-23-19(24-26-18)16-11-13-10-14(21)6-7-17(13)22-20(16)25/h3-8,10-11H,2,9H2,1H3,(H,22,25). The second-order valence-corrected chi connectivity index (χ2v) is 8.27. The molecule has 0 saturated heterocycles. The molecule has 0 aliphatic rings. The summed E-state index contributed by atoms with van der Waals surface area (Å²) in [5.74, 6) is 1.80. The number of rotatable bonds is 5. The molecule has 0 aliphatic carbocycles. The summed E-state index contributed by atoms with van der Waals surface area (Å²) in [5, 5.41) is 4.91. The minimum atomic E-state index is -0.237. The largest absolute Gasteiger partial charge is 0.339 e. The van der Waals surface area contributed by atoms with Crippen LogP contribution in [0.2, 0.25) is 0 Å². The molecule has 0 unspecified atom stereocenters. The number of pyridine rings is 1. The molecule has 5 nitrogen and oxygen atoms in total. The molecule has 136 valence electrons. The Balaban J connectivity index is 1.64. The molecular weight excluding hydrogens is 426 g/mol. The van der Waals surface area contributed by atoms with E-state index in [0.717, 1.165) is 26.7 Å². The molecular formula is C20H16BrN3O2S. The van der Waals surface area contributed by atoms with E-state index in [2.05, 4.69) is 50.1 Å². The third-order valence-electron chi connectivity index (χ3n) is 4.08. The van der Waals surface area contributed by atoms with Crippen molar-refractivity contribution in [3.8, 4) is 11.4 Å². The first-order chi connectivity index (χ1) is 13.1. The third kappa shape index (κ3) is 3.99. The lowest BCUT2D eigenvalue weighted by atomic mass is 10.1. The number of halogens is 1. The topological polar surface area (TPSA) is 71.8 Å². The molecule has 0 saturated carbocycles. The van der Waals surface area contributed by atoms with E-state index >= 15 is 0 Å². The number of hydrogen-bond acceptors (Lipinski definition) is 5. The molecule has 0 amide bonds. The number of nitrogens with one attached hydrogen (secondary N) is 1. The van der Waals surface area contributed by atoms with Crippen molar-refractivity contribution in [2.75, 3.05) is 5.75 Å². The van der Waals surface area contributed by atoms with Gasteiger partial charge >= 0.3 is 0 Å². The van der Waals surface area contributed by atoms with Crippen LogP contribution in [-0.2, 0) is 6.42 Å². The molecule has 2 heterocycles. The van der Waals surface area contributed by atoms with Crippen LogP contribution in [0.15, 0.2) is 67.2 Å². The van der Waals surface area contributed by atoms with Gasteiger partial charge in [0, 0.05) is 20.3 Å². The molecule has 0 fully saturated rings. The average Bonchev–Trinajstić information content (AvgIpc) is 3.10. The Labute approximate surface area is 168 Å². The van der Waals surface area contributed by atoms with E-state index in [-0.39, 0.29) is 5.56 Å². The van der Waals surface area contributed by atoms with Crippen molar-refractivity contribution in [1.29, 1.82) is 0 Å². The van der Waals surface area contributed by atoms with Crippen LogP contribution in [0.4, 0.5) is 0 Å². The first kappa shape index (κ1) is 18.0. The average molecular weight is 442 g/mol. The Hall–Kier alpha value is -2.38. The van der Waals surface area contributed by atoms with Gasteiger partial charge in [0.2, 0.25) is 11.7 Å². The summed E-state index contributed by atoms with van der Waals surface area (Å²) < 4.78 is 6.32. The zero-order valence-electron chi connectivity index (χ0n) is 14.5. The van der Waals surface area contributed by atoms with Crippen molar-refractivity contribution < 1.29 is 4.52 Å². The van der Waals surface area contributed by atoms with Gasteiger partial charge in [0.15, 0.2) is 0 Å². The monoisotopic (exact) mass is 441 g/mol. The molecule has 4 aromatic rings. The maximum atomic E-state index is 12.4. The van der Waals surface area contributed by atoms with Crippen molar-refractivity contribution in [2.24, 2.45) is 0 Å². The molecule has 2 aromatic carbocycles. The summed E-state index contributed by atoms with van der Waals surface area (Å²) >= 11 is 5.24. The maximum Gasteiger partial charge on any atom is 0.259 e. The Morgan fingerprint density at radius 2 is 2.07 bits per heavy atom. The smallest absolute Gasteiger partial charge is 0.259 e. The highest BCUT2D eigenvalue weighted by Crippen LogP contribution is 2.23. The van der Waals surface area contributed by atoms with E-state index in [1.807, 2.05) is 30.3 Å². The van der Waals surface area contributed by atoms with E-state index in [1.165, 1.54) is 4.90 Å². The predicted octanol–water partition coefficient (Wildman–Crippen LogP) is 5.04. The lowest BCUT2D eigenvalue weighted by molar-refractivity contribution is 0.385. The van der Waals surface area contributed by atoms with Crippen molar-refractivity contribution in [3.05, 3.63) is 74.8 Å². The summed E-state index contributed by atoms with van der Waals surface area (Å²) in [6, 6.07) is 15.7. The summed E-state index contributed by atoms with van der Waals surface area (Å²) in [5.41, 5.74) is 2.02. The van der Waals surface area contributed by atoms with Gasteiger partial charge in [-0.1, -0.05) is 40.1 Å². The predicted molar refractivity (Wildman–Crippen MR) is 111 cm³/mol. The Morgan fingerprint density at radius 1 is 1.19 bits per heavy atom. The summed E-state index contributed by atoms with van der Waals surface area (Å²) in [6.07, 6.45) is 0.530. The van der Waals surface area contributed by atoms with Gasteiger partial charge in [0.25, 0.3) is 5.56 Å². The van der Waals surface area contributed by atoms with Gasteiger partial charge in [0.1, 0.15) is 0 Å². The fraction of sp³-hybridized carbons (Fsp3) is 0.150. The zero-order chi connectivity index (χ0) is 18.8. The van der Waals surface area contributed by atoms with Crippen LogP contribution in [0.25, 0.3) is 22.3 Å². The summed E-state index contributed by atoms with van der Waals surface area (Å²) in [7, 11) is 0. The van der Waals surface area contributed by atoms with Gasteiger partial charge in [-0.3, -0.25) is 4.79 Å². The molecule has 7 heteroatoms. The second-order valence-electron chi connectivity index (χ2n) is 6.01. The van der Waals surface area contributed by atoms with Crippen LogP contribution >= 0.6 is 27.7 Å². The zero-order valence-corrected chi connectivity index (χ0v) is 16.9. The number of fused-ring (bicyclic) bond motifs is 1. The minimum absolute atomic E-state index is 0.237. The highest BCUT2D eigenvalue weighted by atomic mass is 79.9. The first-order valence-electron chi connectivity index (χ1n) is 8.49. The fourth-order valence-electron chi connectivity index (χ4n) is 2.87. The molecule has 0 aliphatic heterocycles. The molecule has 27 heavy (non-hydrogen) atoms. The van der Waals surface area contributed by atoms with Crippen LogP contribution < -0.4 is 5.56 Å². The number of aromatic amines is 1. The van der Waals surface area contributed by atoms with E-state index < -0.39 is 0 Å². The summed E-state index contributed by atoms with van der Waals surface area (Å²) in [6.45, 7) is 2.13. The number of thioether (sulfide) groups is 1. The van der Waals surface area contributed by atoms with Crippen molar-refractivity contribution in [1.82, 2.24) is 15.1 Å².